The highest BCUT2D eigenvalue weighted by molar-refractivity contribution is 5.74. The van der Waals surface area contributed by atoms with E-state index in [1.807, 2.05) is 37.1 Å². The van der Waals surface area contributed by atoms with Crippen molar-refractivity contribution in [2.24, 2.45) is 0 Å². The number of nitrogens with one attached hydrogen (secondary N) is 1. The highest BCUT2D eigenvalue weighted by Gasteiger charge is 2.28. The van der Waals surface area contributed by atoms with Gasteiger partial charge >= 0.3 is 5.97 Å². The molecule has 0 saturated carbocycles. The van der Waals surface area contributed by atoms with Gasteiger partial charge in [-0.15, -0.1) is 0 Å². The Kier molecular flexibility index (Phi) is 3.87. The number of hydrazine groups is 1. The van der Waals surface area contributed by atoms with Crippen molar-refractivity contribution in [2.75, 3.05) is 12.0 Å². The average Bonchev–Trinajstić information content (AvgIpc) is 2.34. The van der Waals surface area contributed by atoms with Crippen LogP contribution in [-0.2, 0) is 4.79 Å². The lowest BCUT2D eigenvalue weighted by Crippen LogP contribution is -2.48. The fourth-order valence-corrected chi connectivity index (χ4v) is 2.46. The van der Waals surface area contributed by atoms with Crippen molar-refractivity contribution in [1.29, 1.82) is 0 Å². The van der Waals surface area contributed by atoms with Gasteiger partial charge in [0.25, 0.3) is 0 Å². The van der Waals surface area contributed by atoms with E-state index in [0.717, 1.165) is 36.2 Å². The second kappa shape index (κ2) is 5.40. The van der Waals surface area contributed by atoms with E-state index in [0.29, 0.717) is 6.42 Å². The minimum Gasteiger partial charge on any atom is -0.480 e. The summed E-state index contributed by atoms with van der Waals surface area (Å²) < 4.78 is 0. The van der Waals surface area contributed by atoms with Crippen LogP contribution in [0.1, 0.15) is 30.4 Å². The maximum absolute atomic E-state index is 11.2. The van der Waals surface area contributed by atoms with E-state index in [2.05, 4.69) is 5.43 Å². The topological polar surface area (TPSA) is 52.6 Å². The Labute approximate surface area is 108 Å². The summed E-state index contributed by atoms with van der Waals surface area (Å²) in [7, 11) is 0. The SMILES string of the molecule is Cc1cccc(C)c1NN1CCCCC1C(=O)O. The number of hydrogen-bond donors (Lipinski definition) is 2. The summed E-state index contributed by atoms with van der Waals surface area (Å²) in [5.41, 5.74) is 6.62. The Morgan fingerprint density at radius 2 is 2.00 bits per heavy atom. The molecule has 0 aliphatic carbocycles. The number of aliphatic carboxylic acids is 1. The monoisotopic (exact) mass is 248 g/mol. The van der Waals surface area contributed by atoms with Gasteiger partial charge < -0.3 is 10.5 Å². The molecule has 1 aromatic rings. The third-order valence-electron chi connectivity index (χ3n) is 3.52. The summed E-state index contributed by atoms with van der Waals surface area (Å²) >= 11 is 0. The largest absolute Gasteiger partial charge is 0.480 e. The van der Waals surface area contributed by atoms with Crippen LogP contribution in [0, 0.1) is 13.8 Å². The molecule has 1 saturated heterocycles. The van der Waals surface area contributed by atoms with E-state index >= 15 is 0 Å². The van der Waals surface area contributed by atoms with Crippen LogP contribution in [0.4, 0.5) is 5.69 Å². The summed E-state index contributed by atoms with van der Waals surface area (Å²) in [4.78, 5) is 11.2. The minimum absolute atomic E-state index is 0.419. The number of benzene rings is 1. The fraction of sp³-hybridized carbons (Fsp3) is 0.500. The number of para-hydroxylation sites is 1. The lowest BCUT2D eigenvalue weighted by Gasteiger charge is -2.34. The highest BCUT2D eigenvalue weighted by Crippen LogP contribution is 2.24. The first-order chi connectivity index (χ1) is 8.59. The van der Waals surface area contributed by atoms with Crippen LogP contribution in [-0.4, -0.2) is 28.7 Å². The molecule has 1 atom stereocenters. The standard InChI is InChI=1S/C14H20N2O2/c1-10-6-5-7-11(2)13(10)15-16-9-4-3-8-12(16)14(17)18/h5-7,12,15H,3-4,8-9H2,1-2H3,(H,17,18). The lowest BCUT2D eigenvalue weighted by atomic mass is 10.0. The van der Waals surface area contributed by atoms with Gasteiger partial charge in [0.15, 0.2) is 0 Å². The zero-order valence-corrected chi connectivity index (χ0v) is 10.9. The normalized spacial score (nSPS) is 20.7. The van der Waals surface area contributed by atoms with E-state index in [1.54, 1.807) is 0 Å². The van der Waals surface area contributed by atoms with Crippen LogP contribution in [0.25, 0.3) is 0 Å². The van der Waals surface area contributed by atoms with Gasteiger partial charge in [-0.2, -0.15) is 0 Å². The van der Waals surface area contributed by atoms with Crippen molar-refractivity contribution in [3.63, 3.8) is 0 Å². The molecule has 2 rings (SSSR count). The summed E-state index contributed by atoms with van der Waals surface area (Å²) in [6, 6.07) is 5.67. The molecule has 4 nitrogen and oxygen atoms in total. The maximum atomic E-state index is 11.2. The molecule has 0 bridgehead atoms. The number of rotatable bonds is 3. The molecule has 0 spiro atoms. The molecule has 18 heavy (non-hydrogen) atoms. The number of carboxylic acids is 1. The quantitative estimate of drug-likeness (QED) is 0.863. The van der Waals surface area contributed by atoms with Gasteiger partial charge in [-0.1, -0.05) is 18.2 Å². The van der Waals surface area contributed by atoms with Crippen LogP contribution in [0.15, 0.2) is 18.2 Å². The maximum Gasteiger partial charge on any atom is 0.322 e. The predicted molar refractivity (Wildman–Crippen MR) is 71.5 cm³/mol. The summed E-state index contributed by atoms with van der Waals surface area (Å²) in [5.74, 6) is -0.742. The molecule has 0 aromatic heterocycles. The number of carboxylic acid groups (broad SMARTS) is 1. The molecular weight excluding hydrogens is 228 g/mol. The minimum atomic E-state index is -0.742. The Morgan fingerprint density at radius 1 is 1.33 bits per heavy atom. The Bertz CT molecular complexity index is 425. The first-order valence-electron chi connectivity index (χ1n) is 6.42. The van der Waals surface area contributed by atoms with Crippen LogP contribution >= 0.6 is 0 Å². The van der Waals surface area contributed by atoms with Crippen molar-refractivity contribution in [3.05, 3.63) is 29.3 Å². The Hall–Kier alpha value is -1.55. The molecule has 1 aromatic carbocycles. The van der Waals surface area contributed by atoms with Crippen molar-refractivity contribution < 1.29 is 9.90 Å². The number of nitrogens with zero attached hydrogens (tertiary/aromatic N) is 1. The first kappa shape index (κ1) is 12.9. The average molecular weight is 248 g/mol. The van der Waals surface area contributed by atoms with Crippen molar-refractivity contribution >= 4 is 11.7 Å². The molecule has 1 fully saturated rings. The van der Waals surface area contributed by atoms with E-state index in [1.165, 1.54) is 0 Å². The van der Waals surface area contributed by atoms with Crippen molar-refractivity contribution in [2.45, 2.75) is 39.2 Å². The molecule has 1 aliphatic rings. The number of piperidine rings is 1. The van der Waals surface area contributed by atoms with Gasteiger partial charge in [0.2, 0.25) is 0 Å². The van der Waals surface area contributed by atoms with Gasteiger partial charge in [0, 0.05) is 6.54 Å². The molecule has 1 aliphatic heterocycles. The van der Waals surface area contributed by atoms with E-state index in [4.69, 9.17) is 0 Å². The summed E-state index contributed by atoms with van der Waals surface area (Å²) in [6.07, 6.45) is 2.75. The van der Waals surface area contributed by atoms with Gasteiger partial charge in [-0.05, 0) is 44.2 Å². The zero-order chi connectivity index (χ0) is 13.1. The summed E-state index contributed by atoms with van der Waals surface area (Å²) in [5, 5.41) is 11.1. The smallest absolute Gasteiger partial charge is 0.322 e. The third kappa shape index (κ3) is 2.64. The van der Waals surface area contributed by atoms with Crippen molar-refractivity contribution in [1.82, 2.24) is 5.01 Å². The zero-order valence-electron chi connectivity index (χ0n) is 10.9. The lowest BCUT2D eigenvalue weighted by molar-refractivity contribution is -0.143. The number of hydrogen-bond acceptors (Lipinski definition) is 3. The van der Waals surface area contributed by atoms with Crippen LogP contribution in [0.2, 0.25) is 0 Å². The molecule has 4 heteroatoms. The molecule has 0 radical (unpaired) electrons. The van der Waals surface area contributed by atoms with E-state index in [9.17, 15) is 9.90 Å². The van der Waals surface area contributed by atoms with E-state index in [-0.39, 0.29) is 0 Å². The first-order valence-corrected chi connectivity index (χ1v) is 6.42. The number of carbonyl (C=O) groups is 1. The van der Waals surface area contributed by atoms with Gasteiger partial charge in [0.05, 0.1) is 5.69 Å². The Morgan fingerprint density at radius 3 is 2.61 bits per heavy atom. The second-order valence-electron chi connectivity index (χ2n) is 4.92. The summed E-state index contributed by atoms with van der Waals surface area (Å²) in [6.45, 7) is 4.86. The highest BCUT2D eigenvalue weighted by atomic mass is 16.4. The fourth-order valence-electron chi connectivity index (χ4n) is 2.46. The molecule has 1 heterocycles. The van der Waals surface area contributed by atoms with Crippen molar-refractivity contribution in [3.8, 4) is 0 Å². The number of aryl methyl sites for hydroxylation is 2. The second-order valence-corrected chi connectivity index (χ2v) is 4.92. The van der Waals surface area contributed by atoms with Crippen LogP contribution < -0.4 is 5.43 Å². The predicted octanol–water partition coefficient (Wildman–Crippen LogP) is 2.57. The van der Waals surface area contributed by atoms with Gasteiger partial charge in [-0.25, -0.2) is 5.01 Å². The van der Waals surface area contributed by atoms with Crippen LogP contribution in [0.3, 0.4) is 0 Å². The molecule has 98 valence electrons. The third-order valence-corrected chi connectivity index (χ3v) is 3.52. The molecule has 1 unspecified atom stereocenters. The Balaban J connectivity index is 2.18. The van der Waals surface area contributed by atoms with E-state index < -0.39 is 12.0 Å². The van der Waals surface area contributed by atoms with Gasteiger partial charge in [-0.3, -0.25) is 4.79 Å². The van der Waals surface area contributed by atoms with Gasteiger partial charge in [0.1, 0.15) is 6.04 Å². The van der Waals surface area contributed by atoms with Crippen LogP contribution in [0.5, 0.6) is 0 Å². The molecular formula is C14H20N2O2. The number of anilines is 1. The molecule has 2 N–H and O–H groups in total. The molecule has 0 amide bonds.